The van der Waals surface area contributed by atoms with Crippen molar-refractivity contribution in [2.75, 3.05) is 22.1 Å². The van der Waals surface area contributed by atoms with Crippen LogP contribution in [0, 0.1) is 48.3 Å². The Morgan fingerprint density at radius 2 is 1.06 bits per heavy atom. The summed E-state index contributed by atoms with van der Waals surface area (Å²) < 4.78 is 3.50. The van der Waals surface area contributed by atoms with Crippen molar-refractivity contribution in [3.8, 4) is 34.7 Å². The fourth-order valence-corrected chi connectivity index (χ4v) is 8.10. The minimum Gasteiger partial charge on any atom is -0.383 e. The molecular weight excluding hydrogens is 805 g/mol. The first-order valence-corrected chi connectivity index (χ1v) is 20.6. The Bertz CT molecular complexity index is 3050. The third-order valence-electron chi connectivity index (χ3n) is 11.8. The number of nitrogen functional groups attached to an aromatic ring is 2. The van der Waals surface area contributed by atoms with Gasteiger partial charge in [-0.1, -0.05) is 12.1 Å². The van der Waals surface area contributed by atoms with Gasteiger partial charge in [0.25, 0.3) is 0 Å². The summed E-state index contributed by atoms with van der Waals surface area (Å²) in [5.74, 6) is 1.79. The summed E-state index contributed by atoms with van der Waals surface area (Å²) >= 11 is 0. The predicted octanol–water partition coefficient (Wildman–Crippen LogP) is 7.07. The van der Waals surface area contributed by atoms with Crippen LogP contribution >= 0.6 is 0 Å². The van der Waals surface area contributed by atoms with Crippen LogP contribution in [-0.4, -0.2) is 51.3 Å². The predicted molar refractivity (Wildman–Crippen MR) is 243 cm³/mol. The van der Waals surface area contributed by atoms with E-state index in [-0.39, 0.29) is 35.5 Å². The molecule has 6 N–H and O–H groups in total. The molecule has 6 aromatic heterocycles. The zero-order valence-corrected chi connectivity index (χ0v) is 35.4. The van der Waals surface area contributed by atoms with Crippen molar-refractivity contribution in [1.82, 2.24) is 39.5 Å². The van der Waals surface area contributed by atoms with E-state index >= 15 is 0 Å². The van der Waals surface area contributed by atoms with Crippen LogP contribution in [0.15, 0.2) is 97.8 Å². The molecule has 64 heavy (non-hydrogen) atoms. The lowest BCUT2D eigenvalue weighted by atomic mass is 10.0. The minimum absolute atomic E-state index is 0.0504. The number of hydrogen-bond donors (Lipinski definition) is 4. The van der Waals surface area contributed by atoms with E-state index in [2.05, 4.69) is 52.9 Å². The Kier molecular flexibility index (Phi) is 10.5. The van der Waals surface area contributed by atoms with Crippen LogP contribution in [0.3, 0.4) is 0 Å². The third kappa shape index (κ3) is 8.27. The monoisotopic (exact) mass is 846 g/mol. The second-order valence-corrected chi connectivity index (χ2v) is 16.4. The lowest BCUT2D eigenvalue weighted by molar-refractivity contribution is -0.118. The number of nitrogens with two attached hydrogens (primary N) is 2. The summed E-state index contributed by atoms with van der Waals surface area (Å²) in [4.78, 5) is 43.2. The number of nitriles is 2. The molecule has 316 valence electrons. The van der Waals surface area contributed by atoms with Crippen molar-refractivity contribution in [2.45, 2.75) is 38.5 Å². The molecule has 0 saturated heterocycles. The van der Waals surface area contributed by atoms with Gasteiger partial charge < -0.3 is 22.1 Å². The van der Waals surface area contributed by atoms with Gasteiger partial charge in [-0.3, -0.25) is 19.0 Å². The first kappa shape index (κ1) is 40.9. The maximum atomic E-state index is 12.7. The SMILES string of the molecule is Cc1ccc(C#N)cc1-c1cc2cc(NC(=O)[C@@H]3C[C@H]3c3cnn(C)c3)ncc2c(N)n1.Cc1ccc(C#N)cc1-c1cc2cc(NC(=O)[C@H]3C[C@@H]3c3cnn(C)c3)ncc2c(N)n1. The molecule has 10 rings (SSSR count). The maximum absolute atomic E-state index is 12.7. The van der Waals surface area contributed by atoms with Crippen LogP contribution in [0.4, 0.5) is 23.3 Å². The molecule has 2 amide bonds. The first-order chi connectivity index (χ1) is 30.8. The van der Waals surface area contributed by atoms with E-state index in [4.69, 9.17) is 11.5 Å². The van der Waals surface area contributed by atoms with Gasteiger partial charge >= 0.3 is 0 Å². The fraction of sp³-hybridized carbons (Fsp3) is 0.208. The number of aromatic nitrogens is 8. The lowest BCUT2D eigenvalue weighted by Crippen LogP contribution is -2.15. The van der Waals surface area contributed by atoms with Gasteiger partial charge in [0.15, 0.2) is 0 Å². The van der Waals surface area contributed by atoms with Crippen LogP contribution in [0.2, 0.25) is 0 Å². The number of aryl methyl sites for hydroxylation is 4. The maximum Gasteiger partial charge on any atom is 0.229 e. The van der Waals surface area contributed by atoms with Crippen molar-refractivity contribution in [1.29, 1.82) is 10.5 Å². The number of benzene rings is 2. The average Bonchev–Trinajstić information content (AvgIpc) is 4.18. The van der Waals surface area contributed by atoms with E-state index in [1.165, 1.54) is 0 Å². The smallest absolute Gasteiger partial charge is 0.229 e. The highest BCUT2D eigenvalue weighted by Crippen LogP contribution is 2.49. The summed E-state index contributed by atoms with van der Waals surface area (Å²) in [5.41, 5.74) is 20.7. The molecule has 2 fully saturated rings. The van der Waals surface area contributed by atoms with Crippen LogP contribution in [0.1, 0.15) is 58.1 Å². The Morgan fingerprint density at radius 3 is 1.44 bits per heavy atom. The molecule has 2 aliphatic rings. The third-order valence-corrected chi connectivity index (χ3v) is 11.8. The molecule has 4 atom stereocenters. The van der Waals surface area contributed by atoms with E-state index in [0.717, 1.165) is 57.0 Å². The number of hydrogen-bond acceptors (Lipinski definition) is 12. The Labute approximate surface area is 367 Å². The summed E-state index contributed by atoms with van der Waals surface area (Å²) in [7, 11) is 3.74. The highest BCUT2D eigenvalue weighted by molar-refractivity contribution is 6.00. The number of carbonyl (C=O) groups is 2. The van der Waals surface area contributed by atoms with E-state index in [0.29, 0.717) is 56.6 Å². The number of amides is 2. The Balaban J connectivity index is 0.000000162. The second kappa shape index (κ2) is 16.4. The van der Waals surface area contributed by atoms with Crippen molar-refractivity contribution in [3.05, 3.63) is 131 Å². The van der Waals surface area contributed by atoms with Gasteiger partial charge in [-0.15, -0.1) is 0 Å². The summed E-state index contributed by atoms with van der Waals surface area (Å²) in [6.45, 7) is 3.93. The van der Waals surface area contributed by atoms with Crippen LogP contribution < -0.4 is 22.1 Å². The normalized spacial score (nSPS) is 17.2. The first-order valence-electron chi connectivity index (χ1n) is 20.6. The number of rotatable bonds is 8. The van der Waals surface area contributed by atoms with Crippen molar-refractivity contribution >= 4 is 56.6 Å². The average molecular weight is 847 g/mol. The molecule has 0 radical (unpaired) electrons. The van der Waals surface area contributed by atoms with E-state index in [9.17, 15) is 20.1 Å². The topological polar surface area (TPSA) is 245 Å². The van der Waals surface area contributed by atoms with Gasteiger partial charge in [-0.2, -0.15) is 20.7 Å². The van der Waals surface area contributed by atoms with Gasteiger partial charge in [0.2, 0.25) is 11.8 Å². The molecule has 0 unspecified atom stereocenters. The van der Waals surface area contributed by atoms with E-state index < -0.39 is 0 Å². The molecule has 0 bridgehead atoms. The molecular formula is C48H42N14O2. The van der Waals surface area contributed by atoms with Crippen LogP contribution in [-0.2, 0) is 23.7 Å². The van der Waals surface area contributed by atoms with Gasteiger partial charge in [-0.05, 0) is 120 Å². The molecule has 16 heteroatoms. The number of anilines is 4. The van der Waals surface area contributed by atoms with Crippen LogP contribution in [0.25, 0.3) is 44.1 Å². The largest absolute Gasteiger partial charge is 0.383 e. The minimum atomic E-state index is -0.0776. The molecule has 2 aromatic carbocycles. The standard InChI is InChI=1S/2C24H21N7O/c2*1-13-3-4-14(9-25)5-17(13)21-6-15-7-22(27-11-20(15)23(26)29-21)30-24(32)19-8-18(19)16-10-28-31(2)12-16/h2*3-7,10-12,18-19H,8H2,1-2H3,(H2,26,29)(H,27,30,32)/t2*18-,19+/m10/s1. The quantitative estimate of drug-likeness (QED) is 0.120. The van der Waals surface area contributed by atoms with Gasteiger partial charge in [-0.25, -0.2) is 19.9 Å². The molecule has 2 saturated carbocycles. The van der Waals surface area contributed by atoms with Crippen molar-refractivity contribution < 1.29 is 9.59 Å². The van der Waals surface area contributed by atoms with Gasteiger partial charge in [0.05, 0.1) is 47.0 Å². The van der Waals surface area contributed by atoms with E-state index in [1.54, 1.807) is 58.2 Å². The fourth-order valence-electron chi connectivity index (χ4n) is 8.10. The second-order valence-electron chi connectivity index (χ2n) is 16.4. The molecule has 8 aromatic rings. The van der Waals surface area contributed by atoms with Crippen molar-refractivity contribution in [3.63, 3.8) is 0 Å². The molecule has 0 aliphatic heterocycles. The number of nitrogens with zero attached hydrogens (tertiary/aromatic N) is 10. The molecule has 2 aliphatic carbocycles. The number of fused-ring (bicyclic) bond motifs is 2. The zero-order chi connectivity index (χ0) is 44.8. The number of pyridine rings is 4. The summed E-state index contributed by atoms with van der Waals surface area (Å²) in [6, 6.07) is 22.7. The highest BCUT2D eigenvalue weighted by atomic mass is 16.2. The Hall–Kier alpha value is -8.50. The molecule has 6 heterocycles. The molecule has 16 nitrogen and oxygen atoms in total. The number of nitrogens with one attached hydrogen (secondary N) is 2. The van der Waals surface area contributed by atoms with Crippen LogP contribution in [0.5, 0.6) is 0 Å². The Morgan fingerprint density at radius 1 is 0.641 bits per heavy atom. The highest BCUT2D eigenvalue weighted by Gasteiger charge is 2.45. The van der Waals surface area contributed by atoms with Crippen molar-refractivity contribution in [2.24, 2.45) is 25.9 Å². The number of carbonyl (C=O) groups excluding carboxylic acids is 2. The summed E-state index contributed by atoms with van der Waals surface area (Å²) in [5, 5.41) is 35.8. The zero-order valence-electron chi connectivity index (χ0n) is 35.4. The summed E-state index contributed by atoms with van der Waals surface area (Å²) in [6.07, 6.45) is 12.4. The lowest BCUT2D eigenvalue weighted by Gasteiger charge is -2.11. The van der Waals surface area contributed by atoms with Gasteiger partial charge in [0, 0.05) is 72.6 Å². The molecule has 0 spiro atoms. The van der Waals surface area contributed by atoms with E-state index in [1.807, 2.05) is 77.0 Å². The van der Waals surface area contributed by atoms with Gasteiger partial charge in [0.1, 0.15) is 23.3 Å².